The highest BCUT2D eigenvalue weighted by Crippen LogP contribution is 2.31. The minimum atomic E-state index is -1.01. The van der Waals surface area contributed by atoms with Crippen molar-refractivity contribution in [2.24, 2.45) is 11.7 Å². The van der Waals surface area contributed by atoms with Gasteiger partial charge < -0.3 is 30.3 Å². The average Bonchev–Trinajstić information content (AvgIpc) is 3.71. The van der Waals surface area contributed by atoms with Crippen molar-refractivity contribution < 1.29 is 47.5 Å². The molecule has 8 rings (SSSR count). The Balaban J connectivity index is 0.728. The summed E-state index contributed by atoms with van der Waals surface area (Å²) in [5.41, 5.74) is 8.39. The topological polar surface area (TPSA) is 260 Å². The zero-order valence-corrected chi connectivity index (χ0v) is 35.4. The van der Waals surface area contributed by atoms with Gasteiger partial charge in [-0.2, -0.15) is 5.10 Å². The van der Waals surface area contributed by atoms with Crippen LogP contribution >= 0.6 is 0 Å². The summed E-state index contributed by atoms with van der Waals surface area (Å²) < 4.78 is 18.4. The number of rotatable bonds is 22. The van der Waals surface area contributed by atoms with Gasteiger partial charge in [0.1, 0.15) is 18.1 Å². The van der Waals surface area contributed by atoms with Gasteiger partial charge in [0.2, 0.25) is 17.7 Å². The number of imide groups is 2. The number of aromatic nitrogens is 4. The number of nitrogens with one attached hydrogen (secondary N) is 3. The lowest BCUT2D eigenvalue weighted by Crippen LogP contribution is -2.54. The summed E-state index contributed by atoms with van der Waals surface area (Å²) in [5, 5.41) is 12.4. The minimum absolute atomic E-state index is 0.0174. The summed E-state index contributed by atoms with van der Waals surface area (Å²) in [4.78, 5) is 98.3. The molecule has 336 valence electrons. The number of amides is 6. The van der Waals surface area contributed by atoms with Crippen molar-refractivity contribution in [3.63, 3.8) is 0 Å². The molecule has 2 fully saturated rings. The van der Waals surface area contributed by atoms with Crippen LogP contribution in [0.5, 0.6) is 0 Å². The van der Waals surface area contributed by atoms with Gasteiger partial charge in [0, 0.05) is 63.1 Å². The molecule has 1 atom stereocenters. The molecule has 0 bridgehead atoms. The molecule has 19 heteroatoms. The van der Waals surface area contributed by atoms with E-state index in [0.717, 1.165) is 11.4 Å². The van der Waals surface area contributed by atoms with Crippen LogP contribution in [0.4, 0.5) is 11.5 Å². The highest BCUT2D eigenvalue weighted by Gasteiger charge is 2.45. The number of piperidine rings is 1. The Kier molecular flexibility index (Phi) is 13.6. The maximum Gasteiger partial charge on any atom is 0.277 e. The van der Waals surface area contributed by atoms with E-state index >= 15 is 0 Å². The van der Waals surface area contributed by atoms with Crippen molar-refractivity contribution in [3.8, 4) is 17.1 Å². The van der Waals surface area contributed by atoms with E-state index in [1.54, 1.807) is 60.8 Å². The van der Waals surface area contributed by atoms with E-state index in [-0.39, 0.29) is 53.6 Å². The maximum absolute atomic E-state index is 13.3. The molecule has 3 aliphatic rings. The molecule has 1 aliphatic carbocycles. The molecule has 5 aromatic rings. The van der Waals surface area contributed by atoms with Crippen LogP contribution in [-0.2, 0) is 25.5 Å². The van der Waals surface area contributed by atoms with Crippen LogP contribution in [0.25, 0.3) is 17.1 Å². The number of benzene rings is 2. The summed E-state index contributed by atoms with van der Waals surface area (Å²) >= 11 is 0. The molecule has 5 heterocycles. The van der Waals surface area contributed by atoms with Crippen LogP contribution in [-0.4, -0.2) is 105 Å². The average molecular weight is 886 g/mol. The highest BCUT2D eigenvalue weighted by atomic mass is 16.5. The second-order valence-corrected chi connectivity index (χ2v) is 16.0. The van der Waals surface area contributed by atoms with Crippen LogP contribution < -0.4 is 21.7 Å². The Morgan fingerprint density at radius 1 is 0.908 bits per heavy atom. The number of carbonyl (C=O) groups is 7. The van der Waals surface area contributed by atoms with Gasteiger partial charge in [-0.05, 0) is 98.9 Å². The van der Waals surface area contributed by atoms with Crippen molar-refractivity contribution in [3.05, 3.63) is 107 Å². The number of ether oxygens (including phenoxy) is 2. The van der Waals surface area contributed by atoms with Crippen molar-refractivity contribution in [2.45, 2.75) is 63.8 Å². The van der Waals surface area contributed by atoms with Crippen LogP contribution in [0, 0.1) is 5.92 Å². The number of Topliss-reactive ketones (excluding diaryl/α,β-unsaturated/α-hetero) is 1. The number of nitrogens with two attached hydrogens (primary N) is 1. The first-order valence-electron chi connectivity index (χ1n) is 21.5. The molecule has 1 saturated carbocycles. The number of oxazole rings is 1. The SMILES string of the molecule is NC(=O)c1nn(-c2ccc(C(=O)CCCOCCCOCCCc3cccc4c3C(=O)N(C3CCC(=O)NC3=O)C4=O)cc2)cc1NC(=O)c1coc(-c2ccnc(NCC3CC3)c2)n1. The van der Waals surface area contributed by atoms with Crippen LogP contribution in [0.1, 0.15) is 109 Å². The maximum atomic E-state index is 13.3. The van der Waals surface area contributed by atoms with E-state index in [1.807, 2.05) is 0 Å². The molecule has 0 radical (unpaired) electrons. The van der Waals surface area contributed by atoms with Gasteiger partial charge in [-0.1, -0.05) is 12.1 Å². The van der Waals surface area contributed by atoms with E-state index in [1.165, 1.54) is 30.0 Å². The largest absolute Gasteiger partial charge is 0.444 e. The highest BCUT2D eigenvalue weighted by molar-refractivity contribution is 6.24. The minimum Gasteiger partial charge on any atom is -0.444 e. The van der Waals surface area contributed by atoms with Crippen molar-refractivity contribution >= 4 is 52.7 Å². The van der Waals surface area contributed by atoms with Gasteiger partial charge in [0.05, 0.1) is 28.7 Å². The normalized spacial score (nSPS) is 15.8. The van der Waals surface area contributed by atoms with E-state index in [4.69, 9.17) is 19.6 Å². The Morgan fingerprint density at radius 2 is 1.68 bits per heavy atom. The molecule has 6 amide bonds. The monoisotopic (exact) mass is 885 g/mol. The van der Waals surface area contributed by atoms with Crippen molar-refractivity contribution in [1.29, 1.82) is 0 Å². The third kappa shape index (κ3) is 10.5. The van der Waals surface area contributed by atoms with Crippen LogP contribution in [0.2, 0.25) is 0 Å². The molecule has 1 unspecified atom stereocenters. The number of primary amides is 1. The Bertz CT molecular complexity index is 2630. The lowest BCUT2D eigenvalue weighted by Gasteiger charge is -2.27. The van der Waals surface area contributed by atoms with Gasteiger partial charge in [0.15, 0.2) is 17.2 Å². The molecule has 0 spiro atoms. The fourth-order valence-electron chi connectivity index (χ4n) is 7.61. The van der Waals surface area contributed by atoms with Crippen LogP contribution in [0.3, 0.4) is 0 Å². The summed E-state index contributed by atoms with van der Waals surface area (Å²) in [6.07, 6.45) is 9.41. The molecular weight excluding hydrogens is 839 g/mol. The van der Waals surface area contributed by atoms with Gasteiger partial charge >= 0.3 is 0 Å². The fraction of sp³-hybridized carbons (Fsp3) is 0.348. The molecule has 65 heavy (non-hydrogen) atoms. The number of hydrogen-bond donors (Lipinski definition) is 4. The predicted molar refractivity (Wildman–Crippen MR) is 232 cm³/mol. The quantitative estimate of drug-likeness (QED) is 0.0424. The predicted octanol–water partition coefficient (Wildman–Crippen LogP) is 4.52. The summed E-state index contributed by atoms with van der Waals surface area (Å²) in [6, 6.07) is 14.2. The molecule has 5 N–H and O–H groups in total. The lowest BCUT2D eigenvalue weighted by molar-refractivity contribution is -0.136. The van der Waals surface area contributed by atoms with Gasteiger partial charge in [0.25, 0.3) is 23.6 Å². The van der Waals surface area contributed by atoms with Gasteiger partial charge in [-0.3, -0.25) is 43.8 Å². The summed E-state index contributed by atoms with van der Waals surface area (Å²) in [7, 11) is 0. The third-order valence-electron chi connectivity index (χ3n) is 11.2. The summed E-state index contributed by atoms with van der Waals surface area (Å²) in [5.74, 6) is -2.10. The first kappa shape index (κ1) is 44.2. The first-order valence-corrected chi connectivity index (χ1v) is 21.5. The smallest absolute Gasteiger partial charge is 0.277 e. The molecule has 3 aromatic heterocycles. The van der Waals surface area contributed by atoms with E-state index in [9.17, 15) is 33.6 Å². The number of ketones is 1. The Labute approximate surface area is 372 Å². The number of nitrogens with zero attached hydrogens (tertiary/aromatic N) is 5. The number of pyridine rings is 1. The zero-order chi connectivity index (χ0) is 45.5. The second kappa shape index (κ2) is 20.0. The van der Waals surface area contributed by atoms with Gasteiger partial charge in [-0.25, -0.2) is 14.6 Å². The number of anilines is 2. The third-order valence-corrected chi connectivity index (χ3v) is 11.2. The number of fused-ring (bicyclic) bond motifs is 1. The molecule has 2 aromatic carbocycles. The number of aryl methyl sites for hydroxylation is 1. The van der Waals surface area contributed by atoms with Crippen LogP contribution in [0.15, 0.2) is 77.7 Å². The van der Waals surface area contributed by atoms with Gasteiger partial charge in [-0.15, -0.1) is 0 Å². The first-order chi connectivity index (χ1) is 31.5. The van der Waals surface area contributed by atoms with E-state index in [2.05, 4.69) is 31.0 Å². The van der Waals surface area contributed by atoms with Crippen molar-refractivity contribution in [1.82, 2.24) is 30.0 Å². The second-order valence-electron chi connectivity index (χ2n) is 16.0. The zero-order valence-electron chi connectivity index (χ0n) is 35.4. The lowest BCUT2D eigenvalue weighted by atomic mass is 9.99. The molecule has 19 nitrogen and oxygen atoms in total. The summed E-state index contributed by atoms with van der Waals surface area (Å²) in [6.45, 7) is 2.57. The number of carbonyl (C=O) groups excluding carboxylic acids is 7. The standard InChI is InChI=1S/C46H47N9O10/c47-41(58)40-33(50-42(59)34-26-65-44(51-34)30-17-18-48-37(23-30)49-24-27-9-10-27)25-54(53-40)31-13-11-28(12-14-31)36(56)8-3-20-64-22-4-21-63-19-2-6-29-5-1-7-32-39(29)46(62)55(45(32)61)35-15-16-38(57)52-43(35)60/h1,5,7,11-14,17-18,23,25-27,35H,2-4,6,8-10,15-16,19-22,24H2,(H2,47,58)(H,48,49)(H,50,59)(H,52,57,60). The molecule has 2 aliphatic heterocycles. The number of hydrogen-bond acceptors (Lipinski definition) is 14. The Morgan fingerprint density at radius 3 is 2.43 bits per heavy atom. The Hall–Kier alpha value is -7.38. The van der Waals surface area contributed by atoms with E-state index < -0.39 is 41.5 Å². The molecule has 1 saturated heterocycles. The molecular formula is C46H47N9O10. The fourth-order valence-corrected chi connectivity index (χ4v) is 7.61. The van der Waals surface area contributed by atoms with Crippen molar-refractivity contribution in [2.75, 3.05) is 43.6 Å². The van der Waals surface area contributed by atoms with E-state index in [0.29, 0.717) is 91.8 Å².